The van der Waals surface area contributed by atoms with Crippen LogP contribution in [0.15, 0.2) is 49.8 Å². The van der Waals surface area contributed by atoms with Crippen LogP contribution in [0, 0.1) is 5.41 Å². The molecule has 1 fully saturated rings. The molecule has 2 aromatic heterocycles. The summed E-state index contributed by atoms with van der Waals surface area (Å²) in [6.45, 7) is 11.9. The molecule has 8 nitrogen and oxygen atoms in total. The minimum absolute atomic E-state index is 0.0733. The Bertz CT molecular complexity index is 1260. The van der Waals surface area contributed by atoms with Crippen molar-refractivity contribution >= 4 is 35.3 Å². The van der Waals surface area contributed by atoms with E-state index in [0.29, 0.717) is 16.9 Å². The highest BCUT2D eigenvalue weighted by atomic mass is 16.3. The summed E-state index contributed by atoms with van der Waals surface area (Å²) in [5.41, 5.74) is 10.0. The van der Waals surface area contributed by atoms with Gasteiger partial charge in [-0.25, -0.2) is 15.0 Å². The molecule has 0 bridgehead atoms. The van der Waals surface area contributed by atoms with Crippen LogP contribution in [0.2, 0.25) is 0 Å². The van der Waals surface area contributed by atoms with Crippen LogP contribution in [0.25, 0.3) is 12.2 Å². The number of aromatic nitrogens is 3. The van der Waals surface area contributed by atoms with Gasteiger partial charge < -0.3 is 21.1 Å². The van der Waals surface area contributed by atoms with Crippen molar-refractivity contribution in [1.29, 1.82) is 5.41 Å². The molecule has 3 aromatic rings. The summed E-state index contributed by atoms with van der Waals surface area (Å²) < 4.78 is 0. The van der Waals surface area contributed by atoms with Crippen molar-refractivity contribution in [2.45, 2.75) is 32.2 Å². The first-order chi connectivity index (χ1) is 17.0. The van der Waals surface area contributed by atoms with E-state index in [1.807, 2.05) is 0 Å². The summed E-state index contributed by atoms with van der Waals surface area (Å²) in [7, 11) is 0. The number of hydrogen-bond acceptors (Lipinski definition) is 8. The number of nitrogens with zero attached hydrogens (tertiary/aromatic N) is 4. The maximum Gasteiger partial charge on any atom is 0.141 e. The van der Waals surface area contributed by atoms with Crippen molar-refractivity contribution in [3.63, 3.8) is 0 Å². The summed E-state index contributed by atoms with van der Waals surface area (Å²) in [6.07, 6.45) is 7.94. The third kappa shape index (κ3) is 4.87. The van der Waals surface area contributed by atoms with Crippen LogP contribution in [-0.2, 0) is 0 Å². The lowest BCUT2D eigenvalue weighted by Gasteiger charge is -2.27. The Hall–Kier alpha value is -4.20. The molecule has 0 radical (unpaired) electrons. The van der Waals surface area contributed by atoms with Gasteiger partial charge in [-0.2, -0.15) is 0 Å². The molecule has 1 aromatic carbocycles. The van der Waals surface area contributed by atoms with E-state index in [4.69, 9.17) is 16.1 Å². The van der Waals surface area contributed by atoms with Crippen molar-refractivity contribution in [2.75, 3.05) is 29.0 Å². The summed E-state index contributed by atoms with van der Waals surface area (Å²) in [5, 5.41) is 22.2. The van der Waals surface area contributed by atoms with Gasteiger partial charge in [-0.1, -0.05) is 38.3 Å². The van der Waals surface area contributed by atoms with Crippen LogP contribution in [-0.4, -0.2) is 38.9 Å². The molecule has 8 heteroatoms. The Morgan fingerprint density at radius 2 is 2.00 bits per heavy atom. The van der Waals surface area contributed by atoms with E-state index in [2.05, 4.69) is 46.3 Å². The quantitative estimate of drug-likeness (QED) is 0.324. The van der Waals surface area contributed by atoms with Crippen LogP contribution < -0.4 is 16.0 Å². The van der Waals surface area contributed by atoms with Crippen molar-refractivity contribution in [3.05, 3.63) is 77.8 Å². The molecule has 0 saturated carbocycles. The maximum absolute atomic E-state index is 9.90. The fraction of sp³-hybridized carbons (Fsp3) is 0.259. The predicted octanol–water partition coefficient (Wildman–Crippen LogP) is 5.02. The summed E-state index contributed by atoms with van der Waals surface area (Å²) >= 11 is 0. The maximum atomic E-state index is 9.90. The first kappa shape index (κ1) is 23.9. The molecular formula is C27H31N7O. The van der Waals surface area contributed by atoms with E-state index in [1.54, 1.807) is 30.4 Å². The topological polar surface area (TPSA) is 124 Å². The molecule has 180 valence electrons. The van der Waals surface area contributed by atoms with E-state index in [9.17, 15) is 5.11 Å². The zero-order valence-electron chi connectivity index (χ0n) is 20.0. The normalized spacial score (nSPS) is 13.9. The summed E-state index contributed by atoms with van der Waals surface area (Å²) in [6, 6.07) is 8.47. The van der Waals surface area contributed by atoms with Gasteiger partial charge in [0.2, 0.25) is 0 Å². The second-order valence-corrected chi connectivity index (χ2v) is 8.49. The average molecular weight is 470 g/mol. The van der Waals surface area contributed by atoms with Gasteiger partial charge in [-0.15, -0.1) is 0 Å². The fourth-order valence-corrected chi connectivity index (χ4v) is 4.44. The van der Waals surface area contributed by atoms with E-state index in [0.717, 1.165) is 55.0 Å². The van der Waals surface area contributed by atoms with Gasteiger partial charge in [0.15, 0.2) is 0 Å². The van der Waals surface area contributed by atoms with Gasteiger partial charge in [0.25, 0.3) is 0 Å². The molecule has 1 aliphatic heterocycles. The Balaban J connectivity index is 1.78. The third-order valence-corrected chi connectivity index (χ3v) is 6.27. The number of nitrogens with one attached hydrogen (secondary N) is 2. The number of phenolic OH excluding ortho intramolecular Hbond substituents is 1. The number of nitrogens with two attached hydrogens (primary N) is 1. The summed E-state index contributed by atoms with van der Waals surface area (Å²) in [4.78, 5) is 15.8. The molecule has 0 aliphatic carbocycles. The van der Waals surface area contributed by atoms with Crippen LogP contribution in [0.1, 0.15) is 60.2 Å². The number of benzene rings is 1. The summed E-state index contributed by atoms with van der Waals surface area (Å²) in [5.74, 6) is 1.65. The lowest BCUT2D eigenvalue weighted by molar-refractivity contribution is 0.475. The van der Waals surface area contributed by atoms with Gasteiger partial charge in [-0.3, -0.25) is 5.41 Å². The van der Waals surface area contributed by atoms with Crippen LogP contribution in [0.3, 0.4) is 0 Å². The fourth-order valence-electron chi connectivity index (χ4n) is 4.44. The smallest absolute Gasteiger partial charge is 0.141 e. The number of pyridine rings is 1. The minimum Gasteiger partial charge on any atom is -0.508 e. The Labute approximate surface area is 205 Å². The van der Waals surface area contributed by atoms with Crippen LogP contribution in [0.5, 0.6) is 5.75 Å². The van der Waals surface area contributed by atoms with Crippen LogP contribution >= 0.6 is 0 Å². The van der Waals surface area contributed by atoms with E-state index >= 15 is 0 Å². The molecule has 1 aliphatic rings. The lowest BCUT2D eigenvalue weighted by atomic mass is 9.99. The zero-order chi connectivity index (χ0) is 24.9. The highest BCUT2D eigenvalue weighted by molar-refractivity contribution is 6.16. The van der Waals surface area contributed by atoms with Gasteiger partial charge >= 0.3 is 0 Å². The number of aromatic hydroxyl groups is 1. The van der Waals surface area contributed by atoms with Crippen molar-refractivity contribution in [3.8, 4) is 5.75 Å². The van der Waals surface area contributed by atoms with E-state index < -0.39 is 0 Å². The Morgan fingerprint density at radius 1 is 1.23 bits per heavy atom. The second kappa shape index (κ2) is 10.4. The third-order valence-electron chi connectivity index (χ3n) is 6.27. The molecule has 0 spiro atoms. The monoisotopic (exact) mass is 469 g/mol. The lowest BCUT2D eigenvalue weighted by Crippen LogP contribution is -2.24. The standard InChI is InChI=1S/C27H31N7O/c1-4-17-15-20(27(33-21(17)5-2)34-12-7-8-13-34)22(6-3)32-26-23(25(29)30-16-31-26)24(28)18-10-9-11-19(35)14-18/h4-5,9-11,14-16,22,28,35H,1-2,6-8,12-13H2,3H3,(H3,29,30,31,32). The van der Waals surface area contributed by atoms with Crippen molar-refractivity contribution in [2.24, 2.45) is 0 Å². The predicted molar refractivity (Wildman–Crippen MR) is 143 cm³/mol. The SMILES string of the molecule is C=Cc1cc(C(CC)Nc2ncnc(N)c2C(=N)c2cccc(O)c2)c(N2CCCC2)nc1C=C. The van der Waals surface area contributed by atoms with Crippen molar-refractivity contribution < 1.29 is 5.11 Å². The molecule has 4 rings (SSSR count). The zero-order valence-corrected chi connectivity index (χ0v) is 20.0. The molecule has 35 heavy (non-hydrogen) atoms. The molecular weight excluding hydrogens is 438 g/mol. The van der Waals surface area contributed by atoms with Gasteiger partial charge in [-0.05, 0) is 43.5 Å². The highest BCUT2D eigenvalue weighted by Gasteiger charge is 2.25. The average Bonchev–Trinajstić information content (AvgIpc) is 3.41. The minimum atomic E-state index is -0.152. The molecule has 1 unspecified atom stereocenters. The second-order valence-electron chi connectivity index (χ2n) is 8.49. The van der Waals surface area contributed by atoms with Gasteiger partial charge in [0, 0.05) is 29.8 Å². The largest absolute Gasteiger partial charge is 0.508 e. The Morgan fingerprint density at radius 3 is 2.66 bits per heavy atom. The van der Waals surface area contributed by atoms with Gasteiger partial charge in [0.1, 0.15) is 29.5 Å². The number of rotatable bonds is 9. The molecule has 5 N–H and O–H groups in total. The molecule has 1 atom stereocenters. The molecule has 0 amide bonds. The Kier molecular flexibility index (Phi) is 7.10. The number of anilines is 3. The van der Waals surface area contributed by atoms with E-state index in [-0.39, 0.29) is 23.3 Å². The first-order valence-corrected chi connectivity index (χ1v) is 11.8. The number of phenols is 1. The molecule has 3 heterocycles. The van der Waals surface area contributed by atoms with Gasteiger partial charge in [0.05, 0.1) is 23.0 Å². The molecule has 1 saturated heterocycles. The highest BCUT2D eigenvalue weighted by Crippen LogP contribution is 2.35. The number of nitrogen functional groups attached to an aromatic ring is 1. The van der Waals surface area contributed by atoms with Crippen molar-refractivity contribution in [1.82, 2.24) is 15.0 Å². The van der Waals surface area contributed by atoms with Crippen LogP contribution in [0.4, 0.5) is 17.5 Å². The first-order valence-electron chi connectivity index (χ1n) is 11.8. The van der Waals surface area contributed by atoms with E-state index in [1.165, 1.54) is 12.4 Å². The number of hydrogen-bond donors (Lipinski definition) is 4.